The minimum atomic E-state index is -0.208. The Kier molecular flexibility index (Phi) is 1.94. The second-order valence-corrected chi connectivity index (χ2v) is 4.16. The number of thiophene rings is 1. The number of aromatic amines is 1. The van der Waals surface area contributed by atoms with Gasteiger partial charge in [-0.05, 0) is 13.0 Å². The first-order valence-electron chi connectivity index (χ1n) is 3.94. The molecule has 13 heavy (non-hydrogen) atoms. The Morgan fingerprint density at radius 1 is 1.62 bits per heavy atom. The summed E-state index contributed by atoms with van der Waals surface area (Å²) in [6.45, 7) is 1.75. The fourth-order valence-electron chi connectivity index (χ4n) is 1.30. The summed E-state index contributed by atoms with van der Waals surface area (Å²) in [6.07, 6.45) is 1.57. The van der Waals surface area contributed by atoms with Crippen molar-refractivity contribution in [2.24, 2.45) is 0 Å². The van der Waals surface area contributed by atoms with Crippen molar-refractivity contribution in [1.82, 2.24) is 4.98 Å². The van der Waals surface area contributed by atoms with Gasteiger partial charge in [-0.3, -0.25) is 4.79 Å². The van der Waals surface area contributed by atoms with Crippen LogP contribution >= 0.6 is 11.3 Å². The number of aryl methyl sites for hydroxylation is 1. The largest absolute Gasteiger partial charge is 0.391 e. The SMILES string of the molecule is Cc1cc2c(=O)c(CO)c[nH]c2s1. The molecule has 3 nitrogen and oxygen atoms in total. The molecule has 0 aliphatic carbocycles. The van der Waals surface area contributed by atoms with Crippen LogP contribution in [0.5, 0.6) is 0 Å². The number of aromatic nitrogens is 1. The lowest BCUT2D eigenvalue weighted by molar-refractivity contribution is 0.280. The van der Waals surface area contributed by atoms with E-state index < -0.39 is 0 Å². The molecule has 2 aromatic heterocycles. The Hall–Kier alpha value is -1.13. The van der Waals surface area contributed by atoms with E-state index in [0.29, 0.717) is 10.9 Å². The van der Waals surface area contributed by atoms with Gasteiger partial charge in [0, 0.05) is 16.6 Å². The zero-order valence-corrected chi connectivity index (χ0v) is 7.94. The normalized spacial score (nSPS) is 10.9. The lowest BCUT2D eigenvalue weighted by atomic mass is 10.2. The molecule has 0 aliphatic rings. The van der Waals surface area contributed by atoms with E-state index in [0.717, 1.165) is 9.71 Å². The number of pyridine rings is 1. The van der Waals surface area contributed by atoms with Crippen LogP contribution in [0.2, 0.25) is 0 Å². The molecule has 2 N–H and O–H groups in total. The zero-order valence-electron chi connectivity index (χ0n) is 7.13. The van der Waals surface area contributed by atoms with Crippen LogP contribution in [0.25, 0.3) is 10.2 Å². The molecule has 0 unspecified atom stereocenters. The van der Waals surface area contributed by atoms with Crippen molar-refractivity contribution in [1.29, 1.82) is 0 Å². The highest BCUT2D eigenvalue weighted by molar-refractivity contribution is 7.18. The van der Waals surface area contributed by atoms with Gasteiger partial charge in [-0.15, -0.1) is 11.3 Å². The molecule has 0 aliphatic heterocycles. The minimum Gasteiger partial charge on any atom is -0.391 e. The standard InChI is InChI=1S/C9H9NO2S/c1-5-2-7-8(12)6(4-11)3-10-9(7)13-5/h2-3,11H,4H2,1H3,(H,10,12). The summed E-state index contributed by atoms with van der Waals surface area (Å²) < 4.78 is 0. The average molecular weight is 195 g/mol. The summed E-state index contributed by atoms with van der Waals surface area (Å²) in [7, 11) is 0. The first kappa shape index (κ1) is 8.47. The minimum absolute atomic E-state index is 0.0689. The van der Waals surface area contributed by atoms with Crippen LogP contribution in [0.4, 0.5) is 0 Å². The maximum atomic E-state index is 11.6. The zero-order chi connectivity index (χ0) is 9.42. The van der Waals surface area contributed by atoms with E-state index >= 15 is 0 Å². The molecule has 2 aromatic rings. The lowest BCUT2D eigenvalue weighted by Gasteiger charge is -1.94. The predicted molar refractivity (Wildman–Crippen MR) is 53.1 cm³/mol. The number of nitrogens with one attached hydrogen (secondary N) is 1. The van der Waals surface area contributed by atoms with Crippen molar-refractivity contribution in [3.05, 3.63) is 32.9 Å². The summed E-state index contributed by atoms with van der Waals surface area (Å²) >= 11 is 1.55. The molecular formula is C9H9NO2S. The van der Waals surface area contributed by atoms with E-state index in [1.54, 1.807) is 17.5 Å². The number of fused-ring (bicyclic) bond motifs is 1. The molecule has 2 rings (SSSR count). The summed E-state index contributed by atoms with van der Waals surface area (Å²) in [5, 5.41) is 9.54. The first-order valence-corrected chi connectivity index (χ1v) is 4.75. The van der Waals surface area contributed by atoms with E-state index in [2.05, 4.69) is 4.98 Å². The van der Waals surface area contributed by atoms with Gasteiger partial charge in [-0.25, -0.2) is 0 Å². The summed E-state index contributed by atoms with van der Waals surface area (Å²) in [6, 6.07) is 1.85. The number of hydrogen-bond acceptors (Lipinski definition) is 3. The Labute approximate surface area is 78.7 Å². The molecule has 0 aromatic carbocycles. The molecule has 0 amide bonds. The van der Waals surface area contributed by atoms with Crippen molar-refractivity contribution < 1.29 is 5.11 Å². The van der Waals surface area contributed by atoms with Crippen molar-refractivity contribution in [2.75, 3.05) is 0 Å². The van der Waals surface area contributed by atoms with Gasteiger partial charge in [0.05, 0.1) is 12.0 Å². The van der Waals surface area contributed by atoms with Gasteiger partial charge >= 0.3 is 0 Å². The Morgan fingerprint density at radius 2 is 2.38 bits per heavy atom. The second-order valence-electron chi connectivity index (χ2n) is 2.90. The molecule has 0 fully saturated rings. The molecule has 0 spiro atoms. The van der Waals surface area contributed by atoms with Gasteiger partial charge in [0.2, 0.25) is 0 Å². The van der Waals surface area contributed by atoms with E-state index in [-0.39, 0.29) is 12.0 Å². The van der Waals surface area contributed by atoms with E-state index in [1.165, 1.54) is 0 Å². The molecule has 4 heteroatoms. The third-order valence-corrected chi connectivity index (χ3v) is 2.92. The number of rotatable bonds is 1. The number of H-pyrrole nitrogens is 1. The van der Waals surface area contributed by atoms with Gasteiger partial charge in [-0.1, -0.05) is 0 Å². The van der Waals surface area contributed by atoms with E-state index in [1.807, 2.05) is 13.0 Å². The van der Waals surface area contributed by atoms with Crippen molar-refractivity contribution in [3.8, 4) is 0 Å². The third kappa shape index (κ3) is 1.28. The quantitative estimate of drug-likeness (QED) is 0.722. The highest BCUT2D eigenvalue weighted by atomic mass is 32.1. The third-order valence-electron chi connectivity index (χ3n) is 1.94. The monoisotopic (exact) mass is 195 g/mol. The van der Waals surface area contributed by atoms with Crippen LogP contribution in [0.1, 0.15) is 10.4 Å². The fourth-order valence-corrected chi connectivity index (χ4v) is 2.18. The molecule has 2 heterocycles. The van der Waals surface area contributed by atoms with Crippen LogP contribution in [0.3, 0.4) is 0 Å². The van der Waals surface area contributed by atoms with Crippen LogP contribution in [0.15, 0.2) is 17.1 Å². The van der Waals surface area contributed by atoms with Gasteiger partial charge < -0.3 is 10.1 Å². The smallest absolute Gasteiger partial charge is 0.195 e. The topological polar surface area (TPSA) is 53.1 Å². The Bertz CT molecular complexity index is 498. The molecule has 0 atom stereocenters. The van der Waals surface area contributed by atoms with Crippen LogP contribution in [-0.4, -0.2) is 10.1 Å². The maximum absolute atomic E-state index is 11.6. The molecule has 0 radical (unpaired) electrons. The number of aliphatic hydroxyl groups is 1. The average Bonchev–Trinajstić information content (AvgIpc) is 2.47. The highest BCUT2D eigenvalue weighted by Crippen LogP contribution is 2.19. The fraction of sp³-hybridized carbons (Fsp3) is 0.222. The van der Waals surface area contributed by atoms with Gasteiger partial charge in [0.15, 0.2) is 5.43 Å². The maximum Gasteiger partial charge on any atom is 0.195 e. The molecule has 0 saturated carbocycles. The molecule has 0 bridgehead atoms. The number of aliphatic hydroxyl groups excluding tert-OH is 1. The number of hydrogen-bond donors (Lipinski definition) is 2. The Balaban J connectivity index is 2.86. The second kappa shape index (κ2) is 2.97. The van der Waals surface area contributed by atoms with Crippen molar-refractivity contribution >= 4 is 21.6 Å². The molecule has 68 valence electrons. The molecular weight excluding hydrogens is 186 g/mol. The summed E-state index contributed by atoms with van der Waals surface area (Å²) in [4.78, 5) is 16.6. The van der Waals surface area contributed by atoms with Crippen LogP contribution in [-0.2, 0) is 6.61 Å². The van der Waals surface area contributed by atoms with E-state index in [9.17, 15) is 4.79 Å². The lowest BCUT2D eigenvalue weighted by Crippen LogP contribution is -2.08. The summed E-state index contributed by atoms with van der Waals surface area (Å²) in [5.74, 6) is 0. The highest BCUT2D eigenvalue weighted by Gasteiger charge is 2.05. The van der Waals surface area contributed by atoms with Crippen LogP contribution in [0, 0.1) is 6.92 Å². The van der Waals surface area contributed by atoms with Gasteiger partial charge in [0.25, 0.3) is 0 Å². The molecule has 0 saturated heterocycles. The summed E-state index contributed by atoms with van der Waals surface area (Å²) in [5.41, 5.74) is 0.353. The first-order chi connectivity index (χ1) is 6.22. The van der Waals surface area contributed by atoms with Gasteiger partial charge in [0.1, 0.15) is 4.83 Å². The van der Waals surface area contributed by atoms with Crippen molar-refractivity contribution in [2.45, 2.75) is 13.5 Å². The van der Waals surface area contributed by atoms with E-state index in [4.69, 9.17) is 5.11 Å². The van der Waals surface area contributed by atoms with Gasteiger partial charge in [-0.2, -0.15) is 0 Å². The Morgan fingerprint density at radius 3 is 3.08 bits per heavy atom. The van der Waals surface area contributed by atoms with Crippen molar-refractivity contribution in [3.63, 3.8) is 0 Å². The predicted octanol–water partition coefficient (Wildman–Crippen LogP) is 1.39. The van der Waals surface area contributed by atoms with Crippen LogP contribution < -0.4 is 5.43 Å².